The Hall–Kier alpha value is -2.94. The SMILES string of the molecule is Cc1ccc(C)c(N2CCN(C(=O)c3cnc4sc(N5CCC(C)CC5)nn4c3=O)CC2)c1. The highest BCUT2D eigenvalue weighted by Crippen LogP contribution is 2.27. The van der Waals surface area contributed by atoms with Crippen LogP contribution in [0.5, 0.6) is 0 Å². The second-order valence-corrected chi connectivity index (χ2v) is 10.2. The molecular formula is C24H30N6O2S. The third kappa shape index (κ3) is 4.21. The van der Waals surface area contributed by atoms with Crippen molar-refractivity contribution in [1.29, 1.82) is 0 Å². The molecule has 0 spiro atoms. The first-order chi connectivity index (χ1) is 15.9. The van der Waals surface area contributed by atoms with Gasteiger partial charge in [-0.25, -0.2) is 4.98 Å². The molecule has 8 nitrogen and oxygen atoms in total. The van der Waals surface area contributed by atoms with Crippen LogP contribution in [0.2, 0.25) is 0 Å². The van der Waals surface area contributed by atoms with Crippen LogP contribution in [0, 0.1) is 19.8 Å². The first kappa shape index (κ1) is 21.9. The largest absolute Gasteiger partial charge is 0.368 e. The third-order valence-corrected chi connectivity index (χ3v) is 7.82. The lowest BCUT2D eigenvalue weighted by atomic mass is 10.00. The Bertz CT molecular complexity index is 1240. The summed E-state index contributed by atoms with van der Waals surface area (Å²) in [5.74, 6) is 0.458. The number of piperazine rings is 1. The number of amides is 1. The molecule has 9 heteroatoms. The molecule has 2 fully saturated rings. The van der Waals surface area contributed by atoms with E-state index in [4.69, 9.17) is 0 Å². The van der Waals surface area contributed by atoms with Crippen molar-refractivity contribution in [2.24, 2.45) is 5.92 Å². The van der Waals surface area contributed by atoms with Gasteiger partial charge in [0.2, 0.25) is 10.1 Å². The number of hydrogen-bond donors (Lipinski definition) is 0. The lowest BCUT2D eigenvalue weighted by Gasteiger charge is -2.36. The quantitative estimate of drug-likeness (QED) is 0.591. The summed E-state index contributed by atoms with van der Waals surface area (Å²) in [6, 6.07) is 6.45. The standard InChI is InChI=1S/C24H30N6O2S/c1-16-6-8-29(9-7-16)24-26-30-22(32)19(15-25-23(30)33-24)21(31)28-12-10-27(11-13-28)20-14-17(2)4-5-18(20)3/h4-5,14-16H,6-13H2,1-3H3. The monoisotopic (exact) mass is 466 g/mol. The number of benzene rings is 1. The molecule has 33 heavy (non-hydrogen) atoms. The number of aryl methyl sites for hydroxylation is 2. The van der Waals surface area contributed by atoms with Crippen LogP contribution in [0.1, 0.15) is 41.3 Å². The van der Waals surface area contributed by atoms with E-state index in [0.717, 1.165) is 50.1 Å². The summed E-state index contributed by atoms with van der Waals surface area (Å²) in [6.45, 7) is 11.0. The molecule has 174 valence electrons. The van der Waals surface area contributed by atoms with Gasteiger partial charge in [-0.1, -0.05) is 30.4 Å². The van der Waals surface area contributed by atoms with E-state index in [-0.39, 0.29) is 17.0 Å². The lowest BCUT2D eigenvalue weighted by molar-refractivity contribution is 0.0744. The van der Waals surface area contributed by atoms with Crippen LogP contribution in [0.15, 0.2) is 29.2 Å². The summed E-state index contributed by atoms with van der Waals surface area (Å²) in [5, 5.41) is 5.33. The van der Waals surface area contributed by atoms with E-state index in [1.165, 1.54) is 38.9 Å². The van der Waals surface area contributed by atoms with Gasteiger partial charge in [0.25, 0.3) is 11.5 Å². The van der Waals surface area contributed by atoms with Gasteiger partial charge in [-0.05, 0) is 49.8 Å². The second-order valence-electron chi connectivity index (χ2n) is 9.29. The fraction of sp³-hybridized carbons (Fsp3) is 0.500. The Morgan fingerprint density at radius 2 is 1.76 bits per heavy atom. The number of hydrogen-bond acceptors (Lipinski definition) is 7. The van der Waals surface area contributed by atoms with E-state index in [2.05, 4.69) is 58.9 Å². The van der Waals surface area contributed by atoms with Gasteiger partial charge in [-0.2, -0.15) is 4.52 Å². The van der Waals surface area contributed by atoms with Gasteiger partial charge in [0.15, 0.2) is 0 Å². The number of carbonyl (C=O) groups excluding carboxylic acids is 1. The van der Waals surface area contributed by atoms with Crippen molar-refractivity contribution in [3.05, 3.63) is 51.4 Å². The highest BCUT2D eigenvalue weighted by atomic mass is 32.1. The molecule has 0 radical (unpaired) electrons. The number of anilines is 2. The predicted molar refractivity (Wildman–Crippen MR) is 132 cm³/mol. The van der Waals surface area contributed by atoms with Gasteiger partial charge in [-0.15, -0.1) is 5.10 Å². The maximum atomic E-state index is 13.2. The molecule has 4 heterocycles. The van der Waals surface area contributed by atoms with Crippen molar-refractivity contribution in [2.75, 3.05) is 49.1 Å². The summed E-state index contributed by atoms with van der Waals surface area (Å²) < 4.78 is 1.30. The Balaban J connectivity index is 1.32. The molecule has 0 bridgehead atoms. The average molecular weight is 467 g/mol. The van der Waals surface area contributed by atoms with Crippen LogP contribution in [0.25, 0.3) is 4.96 Å². The van der Waals surface area contributed by atoms with Crippen molar-refractivity contribution in [3.8, 4) is 0 Å². The van der Waals surface area contributed by atoms with E-state index in [9.17, 15) is 9.59 Å². The molecule has 2 aromatic heterocycles. The highest BCUT2D eigenvalue weighted by Gasteiger charge is 2.27. The van der Waals surface area contributed by atoms with Crippen LogP contribution in [0.4, 0.5) is 10.8 Å². The van der Waals surface area contributed by atoms with E-state index >= 15 is 0 Å². The first-order valence-corrected chi connectivity index (χ1v) is 12.5. The highest BCUT2D eigenvalue weighted by molar-refractivity contribution is 7.20. The summed E-state index contributed by atoms with van der Waals surface area (Å²) in [4.78, 5) is 37.5. The van der Waals surface area contributed by atoms with E-state index in [1.54, 1.807) is 4.90 Å². The number of fused-ring (bicyclic) bond motifs is 1. The summed E-state index contributed by atoms with van der Waals surface area (Å²) in [7, 11) is 0. The predicted octanol–water partition coefficient (Wildman–Crippen LogP) is 2.97. The third-order valence-electron chi connectivity index (χ3n) is 6.83. The van der Waals surface area contributed by atoms with Crippen molar-refractivity contribution in [3.63, 3.8) is 0 Å². The van der Waals surface area contributed by atoms with Crippen molar-refractivity contribution in [1.82, 2.24) is 19.5 Å². The first-order valence-electron chi connectivity index (χ1n) is 11.7. The van der Waals surface area contributed by atoms with Crippen LogP contribution >= 0.6 is 11.3 Å². The molecule has 2 aliphatic rings. The van der Waals surface area contributed by atoms with Crippen molar-refractivity contribution >= 4 is 33.0 Å². The summed E-state index contributed by atoms with van der Waals surface area (Å²) in [6.07, 6.45) is 3.67. The maximum Gasteiger partial charge on any atom is 0.288 e. The Morgan fingerprint density at radius 1 is 1.03 bits per heavy atom. The van der Waals surface area contributed by atoms with Gasteiger partial charge >= 0.3 is 0 Å². The van der Waals surface area contributed by atoms with Crippen molar-refractivity contribution < 1.29 is 4.79 Å². The Labute approximate surface area is 197 Å². The van der Waals surface area contributed by atoms with Gasteiger partial charge in [0.1, 0.15) is 5.56 Å². The second kappa shape index (κ2) is 8.78. The molecule has 3 aromatic rings. The van der Waals surface area contributed by atoms with Gasteiger partial charge in [0, 0.05) is 51.2 Å². The Kier molecular flexibility index (Phi) is 5.82. The minimum Gasteiger partial charge on any atom is -0.368 e. The van der Waals surface area contributed by atoms with Crippen LogP contribution in [-0.4, -0.2) is 64.7 Å². The lowest BCUT2D eigenvalue weighted by Crippen LogP contribution is -2.50. The minimum absolute atomic E-state index is 0.0943. The topological polar surface area (TPSA) is 74.1 Å². The molecule has 0 aliphatic carbocycles. The molecule has 1 aromatic carbocycles. The molecule has 0 saturated carbocycles. The molecule has 0 unspecified atom stereocenters. The molecule has 2 aliphatic heterocycles. The minimum atomic E-state index is -0.380. The van der Waals surface area contributed by atoms with Gasteiger partial charge in [0.05, 0.1) is 0 Å². The number of piperidine rings is 1. The van der Waals surface area contributed by atoms with Gasteiger partial charge < -0.3 is 14.7 Å². The molecule has 5 rings (SSSR count). The molecular weight excluding hydrogens is 436 g/mol. The zero-order valence-electron chi connectivity index (χ0n) is 19.5. The zero-order valence-corrected chi connectivity index (χ0v) is 20.3. The van der Waals surface area contributed by atoms with Crippen LogP contribution in [0.3, 0.4) is 0 Å². The van der Waals surface area contributed by atoms with E-state index < -0.39 is 0 Å². The average Bonchev–Trinajstić information content (AvgIpc) is 3.26. The number of carbonyl (C=O) groups is 1. The maximum absolute atomic E-state index is 13.2. The molecule has 2 saturated heterocycles. The normalized spacial score (nSPS) is 17.7. The fourth-order valence-electron chi connectivity index (χ4n) is 4.63. The zero-order chi connectivity index (χ0) is 23.1. The van der Waals surface area contributed by atoms with E-state index in [0.29, 0.717) is 18.1 Å². The van der Waals surface area contributed by atoms with Crippen LogP contribution in [-0.2, 0) is 0 Å². The molecule has 1 amide bonds. The summed E-state index contributed by atoms with van der Waals surface area (Å²) >= 11 is 1.41. The van der Waals surface area contributed by atoms with Crippen molar-refractivity contribution in [2.45, 2.75) is 33.6 Å². The van der Waals surface area contributed by atoms with Gasteiger partial charge in [-0.3, -0.25) is 9.59 Å². The number of rotatable bonds is 3. The molecule has 0 N–H and O–H groups in total. The summed E-state index contributed by atoms with van der Waals surface area (Å²) in [5.41, 5.74) is 3.39. The fourth-order valence-corrected chi connectivity index (χ4v) is 5.54. The van der Waals surface area contributed by atoms with Crippen LogP contribution < -0.4 is 15.4 Å². The van der Waals surface area contributed by atoms with E-state index in [1.807, 2.05) is 0 Å². The molecule has 0 atom stereocenters. The number of aromatic nitrogens is 3. The number of nitrogens with zero attached hydrogens (tertiary/aromatic N) is 6. The smallest absolute Gasteiger partial charge is 0.288 e. The Morgan fingerprint density at radius 3 is 2.48 bits per heavy atom.